The van der Waals surface area contributed by atoms with Gasteiger partial charge < -0.3 is 29.7 Å². The van der Waals surface area contributed by atoms with Crippen molar-refractivity contribution in [3.8, 4) is 11.5 Å². The molecular weight excluding hydrogens is 573 g/mol. The van der Waals surface area contributed by atoms with Crippen molar-refractivity contribution in [2.45, 2.75) is 65.8 Å². The standard InChI is InChI=1S/C24H32FN3O2.C12H16O3/c1-5-6-13-30-20-8-9-21(17(2)14-20)24(29)26-18-7-10-23(22(25)15-18)28-12-11-19(16-28)27(3)4;1-3-4-7-15-10-5-6-11(12(13)14)9(2)8-10/h7-10,14-15,19H,5-6,11-13,16H2,1-4H3,(H,26,29);5-6,8H,3-4,7H2,1-2H3,(H,13,14). The third-order valence-corrected chi connectivity index (χ3v) is 7.84. The Morgan fingerprint density at radius 2 is 1.49 bits per heavy atom. The minimum atomic E-state index is -0.896. The number of anilines is 2. The lowest BCUT2D eigenvalue weighted by atomic mass is 10.1. The number of carbonyl (C=O) groups is 2. The molecule has 3 aromatic carbocycles. The smallest absolute Gasteiger partial charge is 0.335 e. The number of hydrogen-bond acceptors (Lipinski definition) is 6. The van der Waals surface area contributed by atoms with Gasteiger partial charge in [0.05, 0.1) is 24.5 Å². The average Bonchev–Trinajstić information content (AvgIpc) is 3.48. The summed E-state index contributed by atoms with van der Waals surface area (Å²) in [6.07, 6.45) is 5.19. The number of likely N-dealkylation sites (N-methyl/N-ethyl adjacent to an activating group) is 1. The van der Waals surface area contributed by atoms with Gasteiger partial charge in [-0.3, -0.25) is 4.79 Å². The first-order valence-corrected chi connectivity index (χ1v) is 15.8. The zero-order valence-corrected chi connectivity index (χ0v) is 27.5. The number of nitrogens with zero attached hydrogens (tertiary/aromatic N) is 2. The maximum absolute atomic E-state index is 14.7. The van der Waals surface area contributed by atoms with Crippen molar-refractivity contribution in [2.24, 2.45) is 0 Å². The topological polar surface area (TPSA) is 91.3 Å². The van der Waals surface area contributed by atoms with Gasteiger partial charge in [0.25, 0.3) is 5.91 Å². The fourth-order valence-corrected chi connectivity index (χ4v) is 5.04. The predicted octanol–water partition coefficient (Wildman–Crippen LogP) is 7.58. The molecule has 0 aromatic heterocycles. The molecule has 1 saturated heterocycles. The minimum Gasteiger partial charge on any atom is -0.494 e. The highest BCUT2D eigenvalue weighted by atomic mass is 19.1. The Balaban J connectivity index is 0.000000309. The van der Waals surface area contributed by atoms with Gasteiger partial charge >= 0.3 is 5.97 Å². The number of unbranched alkanes of at least 4 members (excludes halogenated alkanes) is 2. The highest BCUT2D eigenvalue weighted by Crippen LogP contribution is 2.28. The largest absolute Gasteiger partial charge is 0.494 e. The monoisotopic (exact) mass is 621 g/mol. The number of aryl methyl sites for hydroxylation is 2. The number of nitrogens with one attached hydrogen (secondary N) is 1. The molecule has 0 aliphatic carbocycles. The van der Waals surface area contributed by atoms with Crippen LogP contribution in [0, 0.1) is 19.7 Å². The zero-order valence-electron chi connectivity index (χ0n) is 27.5. The SMILES string of the molecule is CCCCOc1ccc(C(=O)Nc2ccc(N3CCC(N(C)C)C3)c(F)c2)c(C)c1.CCCCOc1ccc(C(=O)O)c(C)c1. The number of amides is 1. The molecule has 3 aromatic rings. The second-order valence-corrected chi connectivity index (χ2v) is 11.6. The van der Waals surface area contributed by atoms with E-state index in [0.29, 0.717) is 41.8 Å². The summed E-state index contributed by atoms with van der Waals surface area (Å²) in [4.78, 5) is 27.7. The van der Waals surface area contributed by atoms with Crippen molar-refractivity contribution in [3.05, 3.63) is 82.7 Å². The molecule has 1 heterocycles. The second kappa shape index (κ2) is 17.4. The average molecular weight is 622 g/mol. The van der Waals surface area contributed by atoms with Gasteiger partial charge in [-0.1, -0.05) is 26.7 Å². The van der Waals surface area contributed by atoms with Gasteiger partial charge in [-0.05, 0) is 113 Å². The summed E-state index contributed by atoms with van der Waals surface area (Å²) < 4.78 is 25.9. The van der Waals surface area contributed by atoms with Crippen LogP contribution in [0.15, 0.2) is 54.6 Å². The molecule has 1 amide bonds. The van der Waals surface area contributed by atoms with Crippen molar-refractivity contribution >= 4 is 23.3 Å². The molecule has 0 saturated carbocycles. The van der Waals surface area contributed by atoms with Gasteiger partial charge in [-0.25, -0.2) is 9.18 Å². The van der Waals surface area contributed by atoms with Gasteiger partial charge in [0.2, 0.25) is 0 Å². The van der Waals surface area contributed by atoms with Crippen LogP contribution in [0.3, 0.4) is 0 Å². The van der Waals surface area contributed by atoms with Gasteiger partial charge in [-0.2, -0.15) is 0 Å². The number of benzene rings is 3. The molecule has 45 heavy (non-hydrogen) atoms. The van der Waals surface area contributed by atoms with E-state index in [1.165, 1.54) is 6.07 Å². The van der Waals surface area contributed by atoms with Crippen molar-refractivity contribution in [1.82, 2.24) is 4.90 Å². The minimum absolute atomic E-state index is 0.256. The summed E-state index contributed by atoms with van der Waals surface area (Å²) in [5.74, 6) is 0.0327. The third-order valence-electron chi connectivity index (χ3n) is 7.84. The number of hydrogen-bond donors (Lipinski definition) is 2. The number of halogens is 1. The van der Waals surface area contributed by atoms with E-state index in [-0.39, 0.29) is 11.7 Å². The van der Waals surface area contributed by atoms with Crippen molar-refractivity contribution < 1.29 is 28.6 Å². The lowest BCUT2D eigenvalue weighted by molar-refractivity contribution is 0.0695. The highest BCUT2D eigenvalue weighted by molar-refractivity contribution is 6.05. The number of carbonyl (C=O) groups excluding carboxylic acids is 1. The van der Waals surface area contributed by atoms with E-state index in [1.807, 2.05) is 13.0 Å². The zero-order chi connectivity index (χ0) is 32.9. The quantitative estimate of drug-likeness (QED) is 0.190. The Labute approximate surface area is 267 Å². The molecule has 1 aliphatic rings. The van der Waals surface area contributed by atoms with Gasteiger partial charge in [0.1, 0.15) is 17.3 Å². The van der Waals surface area contributed by atoms with Gasteiger partial charge in [0, 0.05) is 30.4 Å². The van der Waals surface area contributed by atoms with E-state index in [1.54, 1.807) is 49.4 Å². The summed E-state index contributed by atoms with van der Waals surface area (Å²) in [5.41, 5.74) is 3.48. The number of carboxylic acids is 1. The number of rotatable bonds is 13. The molecule has 4 rings (SSSR count). The molecule has 0 bridgehead atoms. The lowest BCUT2D eigenvalue weighted by Crippen LogP contribution is -2.31. The fraction of sp³-hybridized carbons (Fsp3) is 0.444. The Morgan fingerprint density at radius 3 is 1.96 bits per heavy atom. The summed E-state index contributed by atoms with van der Waals surface area (Å²) in [6.45, 7) is 10.8. The fourth-order valence-electron chi connectivity index (χ4n) is 5.04. The second-order valence-electron chi connectivity index (χ2n) is 11.6. The van der Waals surface area contributed by atoms with E-state index in [0.717, 1.165) is 67.8 Å². The normalized spacial score (nSPS) is 14.1. The molecule has 1 unspecified atom stereocenters. The van der Waals surface area contributed by atoms with E-state index in [4.69, 9.17) is 14.6 Å². The van der Waals surface area contributed by atoms with E-state index >= 15 is 0 Å². The predicted molar refractivity (Wildman–Crippen MR) is 179 cm³/mol. The first kappa shape index (κ1) is 35.4. The molecule has 2 N–H and O–H groups in total. The van der Waals surface area contributed by atoms with Crippen molar-refractivity contribution in [3.63, 3.8) is 0 Å². The molecule has 0 spiro atoms. The van der Waals surface area contributed by atoms with Crippen LogP contribution in [0.5, 0.6) is 11.5 Å². The number of carboxylic acid groups (broad SMARTS) is 1. The molecule has 1 aliphatic heterocycles. The van der Waals surface area contributed by atoms with Crippen molar-refractivity contribution in [2.75, 3.05) is 50.6 Å². The molecule has 1 atom stereocenters. The Hall–Kier alpha value is -4.11. The Bertz CT molecular complexity index is 1430. The van der Waals surface area contributed by atoms with Crippen LogP contribution >= 0.6 is 0 Å². The first-order chi connectivity index (χ1) is 21.5. The first-order valence-electron chi connectivity index (χ1n) is 15.8. The Morgan fingerprint density at radius 1 is 0.911 bits per heavy atom. The highest BCUT2D eigenvalue weighted by Gasteiger charge is 2.26. The molecule has 244 valence electrons. The summed E-state index contributed by atoms with van der Waals surface area (Å²) in [6, 6.07) is 15.8. The summed E-state index contributed by atoms with van der Waals surface area (Å²) in [5, 5.41) is 11.6. The van der Waals surface area contributed by atoms with Crippen LogP contribution in [0.1, 0.15) is 77.8 Å². The molecular formula is C36H48FN3O5. The van der Waals surface area contributed by atoms with Crippen LogP contribution in [-0.2, 0) is 0 Å². The number of ether oxygens (including phenoxy) is 2. The summed E-state index contributed by atoms with van der Waals surface area (Å²) in [7, 11) is 4.10. The van der Waals surface area contributed by atoms with Crippen LogP contribution in [0.25, 0.3) is 0 Å². The lowest BCUT2D eigenvalue weighted by Gasteiger charge is -2.22. The van der Waals surface area contributed by atoms with Crippen LogP contribution < -0.4 is 19.7 Å². The van der Waals surface area contributed by atoms with E-state index < -0.39 is 5.97 Å². The maximum atomic E-state index is 14.7. The van der Waals surface area contributed by atoms with Crippen LogP contribution in [0.4, 0.5) is 15.8 Å². The van der Waals surface area contributed by atoms with Crippen molar-refractivity contribution in [1.29, 1.82) is 0 Å². The Kier molecular flexibility index (Phi) is 13.7. The molecule has 8 nitrogen and oxygen atoms in total. The van der Waals surface area contributed by atoms with Gasteiger partial charge in [0.15, 0.2) is 0 Å². The molecule has 1 fully saturated rings. The van der Waals surface area contributed by atoms with Crippen LogP contribution in [-0.4, -0.2) is 68.3 Å². The third kappa shape index (κ3) is 10.5. The van der Waals surface area contributed by atoms with E-state index in [2.05, 4.69) is 43.1 Å². The number of aromatic carboxylic acids is 1. The van der Waals surface area contributed by atoms with E-state index in [9.17, 15) is 14.0 Å². The van der Waals surface area contributed by atoms with Crippen LogP contribution in [0.2, 0.25) is 0 Å². The molecule has 9 heteroatoms. The van der Waals surface area contributed by atoms with Gasteiger partial charge in [-0.15, -0.1) is 0 Å². The molecule has 0 radical (unpaired) electrons. The maximum Gasteiger partial charge on any atom is 0.335 e. The summed E-state index contributed by atoms with van der Waals surface area (Å²) >= 11 is 0.